The first kappa shape index (κ1) is 18.7. The lowest BCUT2D eigenvalue weighted by atomic mass is 10.3. The summed E-state index contributed by atoms with van der Waals surface area (Å²) in [4.78, 5) is 15.0. The molecule has 0 unspecified atom stereocenters. The van der Waals surface area contributed by atoms with Crippen LogP contribution in [0.2, 0.25) is 0 Å². The standard InChI is InChI=1S/C14H21N3O3S2.ClH/c18-14(16-7-3-5-15-6-10-16)13-12(4-11-21-13)22(19,20)17-8-1-2-9-17;/h4,11,15H,1-3,5-10H2;1H. The Labute approximate surface area is 147 Å². The number of rotatable bonds is 3. The van der Waals surface area contributed by atoms with E-state index in [1.807, 2.05) is 0 Å². The molecule has 1 amide bonds. The summed E-state index contributed by atoms with van der Waals surface area (Å²) < 4.78 is 26.9. The van der Waals surface area contributed by atoms with Crippen LogP contribution in [0.4, 0.5) is 0 Å². The Hall–Kier alpha value is -0.670. The van der Waals surface area contributed by atoms with Gasteiger partial charge in [0.2, 0.25) is 10.0 Å². The lowest BCUT2D eigenvalue weighted by molar-refractivity contribution is 0.0767. The van der Waals surface area contributed by atoms with Crippen molar-refractivity contribution in [1.82, 2.24) is 14.5 Å². The van der Waals surface area contributed by atoms with Gasteiger partial charge >= 0.3 is 0 Å². The normalized spacial score (nSPS) is 20.1. The number of thiophene rings is 1. The molecule has 3 heterocycles. The van der Waals surface area contributed by atoms with E-state index in [2.05, 4.69) is 5.32 Å². The van der Waals surface area contributed by atoms with E-state index >= 15 is 0 Å². The first-order chi connectivity index (χ1) is 10.6. The van der Waals surface area contributed by atoms with Crippen molar-refractivity contribution in [3.05, 3.63) is 16.3 Å². The lowest BCUT2D eigenvalue weighted by Gasteiger charge is -2.21. The number of halogens is 1. The highest BCUT2D eigenvalue weighted by Gasteiger charge is 2.33. The van der Waals surface area contributed by atoms with Gasteiger partial charge in [-0.15, -0.1) is 23.7 Å². The number of sulfonamides is 1. The molecule has 0 saturated carbocycles. The van der Waals surface area contributed by atoms with Crippen LogP contribution in [0.5, 0.6) is 0 Å². The van der Waals surface area contributed by atoms with Crippen molar-refractivity contribution in [2.75, 3.05) is 39.3 Å². The Morgan fingerprint density at radius 3 is 2.57 bits per heavy atom. The maximum absolute atomic E-state index is 12.7. The third kappa shape index (κ3) is 3.88. The van der Waals surface area contributed by atoms with E-state index in [0.717, 1.165) is 32.4 Å². The molecule has 1 aromatic heterocycles. The largest absolute Gasteiger partial charge is 0.337 e. The SMILES string of the molecule is Cl.O=C(c1sccc1S(=O)(=O)N1CCCC1)N1CCCNCC1. The van der Waals surface area contributed by atoms with Crippen molar-refractivity contribution in [1.29, 1.82) is 0 Å². The molecule has 2 aliphatic rings. The number of hydrogen-bond donors (Lipinski definition) is 1. The Kier molecular flexibility index (Phi) is 6.44. The molecule has 130 valence electrons. The molecule has 9 heteroatoms. The van der Waals surface area contributed by atoms with E-state index in [1.165, 1.54) is 15.6 Å². The van der Waals surface area contributed by atoms with Crippen molar-refractivity contribution in [2.45, 2.75) is 24.2 Å². The van der Waals surface area contributed by atoms with Crippen LogP contribution >= 0.6 is 23.7 Å². The highest BCUT2D eigenvalue weighted by Crippen LogP contribution is 2.28. The number of nitrogens with one attached hydrogen (secondary N) is 1. The Morgan fingerprint density at radius 1 is 1.09 bits per heavy atom. The molecule has 23 heavy (non-hydrogen) atoms. The van der Waals surface area contributed by atoms with Gasteiger partial charge in [-0.3, -0.25) is 4.79 Å². The highest BCUT2D eigenvalue weighted by atomic mass is 35.5. The van der Waals surface area contributed by atoms with Gasteiger partial charge in [0.05, 0.1) is 0 Å². The van der Waals surface area contributed by atoms with Gasteiger partial charge in [0.25, 0.3) is 5.91 Å². The maximum atomic E-state index is 12.7. The fourth-order valence-corrected chi connectivity index (χ4v) is 5.80. The Morgan fingerprint density at radius 2 is 1.83 bits per heavy atom. The monoisotopic (exact) mass is 379 g/mol. The van der Waals surface area contributed by atoms with Crippen molar-refractivity contribution >= 4 is 39.7 Å². The molecule has 0 aromatic carbocycles. The third-order valence-electron chi connectivity index (χ3n) is 4.13. The molecule has 1 aromatic rings. The summed E-state index contributed by atoms with van der Waals surface area (Å²) in [5, 5.41) is 4.95. The number of amides is 1. The predicted octanol–water partition coefficient (Wildman–Crippen LogP) is 1.39. The molecule has 0 aliphatic carbocycles. The molecular formula is C14H22ClN3O3S2. The molecule has 3 rings (SSSR count). The molecule has 0 atom stereocenters. The van der Waals surface area contributed by atoms with Crippen LogP contribution in [0.25, 0.3) is 0 Å². The summed E-state index contributed by atoms with van der Waals surface area (Å²) in [7, 11) is -3.54. The molecule has 0 bridgehead atoms. The number of carbonyl (C=O) groups excluding carboxylic acids is 1. The molecule has 2 fully saturated rings. The van der Waals surface area contributed by atoms with Crippen molar-refractivity contribution in [3.63, 3.8) is 0 Å². The lowest BCUT2D eigenvalue weighted by Crippen LogP contribution is -2.35. The van der Waals surface area contributed by atoms with E-state index in [4.69, 9.17) is 0 Å². The van der Waals surface area contributed by atoms with Crippen molar-refractivity contribution in [2.24, 2.45) is 0 Å². The predicted molar refractivity (Wildman–Crippen MR) is 93.0 cm³/mol. The minimum Gasteiger partial charge on any atom is -0.337 e. The first-order valence-electron chi connectivity index (χ1n) is 7.68. The van der Waals surface area contributed by atoms with Gasteiger partial charge in [-0.1, -0.05) is 0 Å². The Balaban J connectivity index is 0.00000192. The van der Waals surface area contributed by atoms with Gasteiger partial charge in [-0.05, 0) is 37.3 Å². The second kappa shape index (κ2) is 7.94. The molecule has 0 radical (unpaired) electrons. The van der Waals surface area contributed by atoms with Gasteiger partial charge in [-0.2, -0.15) is 4.31 Å². The van der Waals surface area contributed by atoms with Crippen LogP contribution in [-0.4, -0.2) is 62.8 Å². The van der Waals surface area contributed by atoms with Crippen LogP contribution in [0.3, 0.4) is 0 Å². The number of carbonyl (C=O) groups is 1. The minimum atomic E-state index is -3.54. The molecule has 6 nitrogen and oxygen atoms in total. The van der Waals surface area contributed by atoms with E-state index in [1.54, 1.807) is 16.3 Å². The van der Waals surface area contributed by atoms with E-state index < -0.39 is 10.0 Å². The van der Waals surface area contributed by atoms with Gasteiger partial charge in [0.15, 0.2) is 0 Å². The van der Waals surface area contributed by atoms with E-state index in [0.29, 0.717) is 31.1 Å². The van der Waals surface area contributed by atoms with E-state index in [-0.39, 0.29) is 23.2 Å². The zero-order valence-corrected chi connectivity index (χ0v) is 15.3. The highest BCUT2D eigenvalue weighted by molar-refractivity contribution is 7.89. The molecular weight excluding hydrogens is 358 g/mol. The van der Waals surface area contributed by atoms with Gasteiger partial charge in [0, 0.05) is 32.7 Å². The third-order valence-corrected chi connectivity index (χ3v) is 7.11. The summed E-state index contributed by atoms with van der Waals surface area (Å²) in [6.45, 7) is 4.06. The number of nitrogens with zero attached hydrogens (tertiary/aromatic N) is 2. The van der Waals surface area contributed by atoms with Crippen LogP contribution in [-0.2, 0) is 10.0 Å². The average Bonchev–Trinajstić information content (AvgIpc) is 3.14. The first-order valence-corrected chi connectivity index (χ1v) is 10.0. The molecule has 0 spiro atoms. The summed E-state index contributed by atoms with van der Waals surface area (Å²) in [6, 6.07) is 1.57. The zero-order chi connectivity index (χ0) is 15.6. The summed E-state index contributed by atoms with van der Waals surface area (Å²) in [6.07, 6.45) is 2.68. The van der Waals surface area contributed by atoms with Gasteiger partial charge in [-0.25, -0.2) is 8.42 Å². The average molecular weight is 380 g/mol. The summed E-state index contributed by atoms with van der Waals surface area (Å²) in [5.41, 5.74) is 0. The fourth-order valence-electron chi connectivity index (χ4n) is 2.92. The minimum absolute atomic E-state index is 0. The zero-order valence-electron chi connectivity index (χ0n) is 12.9. The summed E-state index contributed by atoms with van der Waals surface area (Å²) in [5.74, 6) is -0.156. The maximum Gasteiger partial charge on any atom is 0.265 e. The van der Waals surface area contributed by atoms with Gasteiger partial charge in [0.1, 0.15) is 9.77 Å². The molecule has 2 aliphatic heterocycles. The number of hydrogen-bond acceptors (Lipinski definition) is 5. The fraction of sp³-hybridized carbons (Fsp3) is 0.643. The Bertz CT molecular complexity index is 633. The van der Waals surface area contributed by atoms with Crippen molar-refractivity contribution < 1.29 is 13.2 Å². The second-order valence-electron chi connectivity index (χ2n) is 5.62. The summed E-state index contributed by atoms with van der Waals surface area (Å²) >= 11 is 1.23. The molecule has 1 N–H and O–H groups in total. The van der Waals surface area contributed by atoms with Crippen LogP contribution in [0, 0.1) is 0 Å². The molecule has 2 saturated heterocycles. The van der Waals surface area contributed by atoms with Crippen LogP contribution in [0.1, 0.15) is 28.9 Å². The topological polar surface area (TPSA) is 69.7 Å². The van der Waals surface area contributed by atoms with Crippen LogP contribution < -0.4 is 5.32 Å². The smallest absolute Gasteiger partial charge is 0.265 e. The van der Waals surface area contributed by atoms with Crippen LogP contribution in [0.15, 0.2) is 16.3 Å². The quantitative estimate of drug-likeness (QED) is 0.861. The van der Waals surface area contributed by atoms with Gasteiger partial charge < -0.3 is 10.2 Å². The van der Waals surface area contributed by atoms with Crippen molar-refractivity contribution in [3.8, 4) is 0 Å². The second-order valence-corrected chi connectivity index (χ2v) is 8.44. The van der Waals surface area contributed by atoms with E-state index in [9.17, 15) is 13.2 Å².